The predicted molar refractivity (Wildman–Crippen MR) is 170 cm³/mol. The van der Waals surface area contributed by atoms with Crippen molar-refractivity contribution < 1.29 is 9.94 Å². The topological polar surface area (TPSA) is 81.6 Å². The van der Waals surface area contributed by atoms with Crippen molar-refractivity contribution in [2.75, 3.05) is 0 Å². The van der Waals surface area contributed by atoms with Gasteiger partial charge in [-0.2, -0.15) is 0 Å². The molecule has 6 rings (SSSR count). The Morgan fingerprint density at radius 2 is 1.70 bits per heavy atom. The minimum absolute atomic E-state index is 0.137. The number of hydrogen-bond acceptors (Lipinski definition) is 5. The number of hydrogen-bond donors (Lipinski definition) is 1. The Morgan fingerprint density at radius 3 is 2.42 bits per heavy atom. The molecule has 0 bridgehead atoms. The van der Waals surface area contributed by atoms with Gasteiger partial charge in [0.1, 0.15) is 6.61 Å². The average Bonchev–Trinajstić information content (AvgIpc) is 3.47. The van der Waals surface area contributed by atoms with Gasteiger partial charge in [-0.15, -0.1) is 0 Å². The molecule has 1 N–H and O–H groups in total. The molecule has 8 heteroatoms. The number of rotatable bonds is 8. The summed E-state index contributed by atoms with van der Waals surface area (Å²) < 4.78 is 3.40. The monoisotopic (exact) mass is 588 g/mol. The normalized spacial score (nSPS) is 12.9. The molecule has 7 nitrogen and oxygen atoms in total. The molecular weight excluding hydrogens is 560 g/mol. The first-order chi connectivity index (χ1) is 20.8. The van der Waals surface area contributed by atoms with E-state index in [0.717, 1.165) is 33.2 Å². The van der Waals surface area contributed by atoms with Gasteiger partial charge in [-0.1, -0.05) is 89.6 Å². The van der Waals surface area contributed by atoms with Gasteiger partial charge in [0.25, 0.3) is 5.56 Å². The van der Waals surface area contributed by atoms with Crippen LogP contribution in [0.3, 0.4) is 0 Å². The summed E-state index contributed by atoms with van der Waals surface area (Å²) >= 11 is 6.32. The number of imidazole rings is 1. The highest BCUT2D eigenvalue weighted by atomic mass is 35.5. The maximum absolute atomic E-state index is 12.9. The summed E-state index contributed by atoms with van der Waals surface area (Å²) in [7, 11) is 3.59. The minimum atomic E-state index is -1.56. The van der Waals surface area contributed by atoms with E-state index in [9.17, 15) is 9.90 Å². The lowest BCUT2D eigenvalue weighted by Crippen LogP contribution is -2.31. The summed E-state index contributed by atoms with van der Waals surface area (Å²) in [6.45, 7) is 0.375. The zero-order valence-corrected chi connectivity index (χ0v) is 24.4. The SMILES string of the molecule is Cn1cncc1C(O)(c1ccc(/C=N/OCc2ccccc2)cc1)c1ccc2c(c1)c(-c1cccc(Cl)c1)cc(=O)n2C. The Balaban J connectivity index is 1.42. The zero-order chi connectivity index (χ0) is 30.0. The summed E-state index contributed by atoms with van der Waals surface area (Å²) in [5.74, 6) is 0. The Bertz CT molecular complexity index is 2000. The summed E-state index contributed by atoms with van der Waals surface area (Å²) in [6.07, 6.45) is 4.97. The first-order valence-electron chi connectivity index (χ1n) is 13.7. The van der Waals surface area contributed by atoms with Gasteiger partial charge in [-0.25, -0.2) is 4.98 Å². The van der Waals surface area contributed by atoms with Crippen LogP contribution in [0.1, 0.15) is 27.9 Å². The van der Waals surface area contributed by atoms with Crippen molar-refractivity contribution in [3.05, 3.63) is 159 Å². The smallest absolute Gasteiger partial charge is 0.251 e. The molecule has 0 aliphatic rings. The Hall–Kier alpha value is -4.98. The summed E-state index contributed by atoms with van der Waals surface area (Å²) in [6, 6.07) is 32.0. The highest BCUT2D eigenvalue weighted by Crippen LogP contribution is 2.39. The van der Waals surface area contributed by atoms with Gasteiger partial charge >= 0.3 is 0 Å². The van der Waals surface area contributed by atoms with Crippen molar-refractivity contribution in [3.8, 4) is 11.1 Å². The second kappa shape index (κ2) is 11.7. The zero-order valence-electron chi connectivity index (χ0n) is 23.7. The van der Waals surface area contributed by atoms with Gasteiger partial charge < -0.3 is 19.1 Å². The van der Waals surface area contributed by atoms with E-state index in [4.69, 9.17) is 16.4 Å². The lowest BCUT2D eigenvalue weighted by molar-refractivity contribution is 0.117. The van der Waals surface area contributed by atoms with E-state index >= 15 is 0 Å². The second-order valence-electron chi connectivity index (χ2n) is 10.4. The molecule has 1 atom stereocenters. The molecule has 0 saturated carbocycles. The molecule has 0 fully saturated rings. The van der Waals surface area contributed by atoms with Gasteiger partial charge in [-0.3, -0.25) is 4.79 Å². The predicted octanol–water partition coefficient (Wildman–Crippen LogP) is 6.43. The molecular formula is C35H29ClN4O3. The number of fused-ring (bicyclic) bond motifs is 1. The van der Waals surface area contributed by atoms with E-state index in [-0.39, 0.29) is 5.56 Å². The highest BCUT2D eigenvalue weighted by molar-refractivity contribution is 6.30. The lowest BCUT2D eigenvalue weighted by atomic mass is 9.82. The van der Waals surface area contributed by atoms with Crippen molar-refractivity contribution >= 4 is 28.7 Å². The number of pyridine rings is 1. The van der Waals surface area contributed by atoms with Crippen molar-refractivity contribution in [2.45, 2.75) is 12.2 Å². The molecule has 2 heterocycles. The largest absolute Gasteiger partial charge is 0.391 e. The van der Waals surface area contributed by atoms with E-state index < -0.39 is 5.60 Å². The molecule has 0 saturated heterocycles. The second-order valence-corrected chi connectivity index (χ2v) is 10.8. The van der Waals surface area contributed by atoms with Crippen LogP contribution < -0.4 is 5.56 Å². The van der Waals surface area contributed by atoms with Crippen molar-refractivity contribution in [2.24, 2.45) is 19.3 Å². The number of halogens is 1. The number of nitrogens with zero attached hydrogens (tertiary/aromatic N) is 4. The van der Waals surface area contributed by atoms with Crippen LogP contribution in [0, 0.1) is 0 Å². The van der Waals surface area contributed by atoms with Crippen LogP contribution in [0.15, 0.2) is 126 Å². The van der Waals surface area contributed by atoms with Gasteiger partial charge in [0.05, 0.1) is 29.9 Å². The Kier molecular flexibility index (Phi) is 7.67. The fourth-order valence-corrected chi connectivity index (χ4v) is 5.53. The Labute approximate surface area is 253 Å². The van der Waals surface area contributed by atoms with E-state index in [2.05, 4.69) is 10.1 Å². The fourth-order valence-electron chi connectivity index (χ4n) is 5.34. The van der Waals surface area contributed by atoms with Crippen LogP contribution in [-0.4, -0.2) is 25.4 Å². The molecule has 43 heavy (non-hydrogen) atoms. The molecule has 0 amide bonds. The third kappa shape index (κ3) is 5.48. The van der Waals surface area contributed by atoms with Crippen molar-refractivity contribution in [1.29, 1.82) is 0 Å². The van der Waals surface area contributed by atoms with Crippen LogP contribution in [0.5, 0.6) is 0 Å². The standard InChI is InChI=1S/C35H29ClN4O3/c1-39-23-37-21-33(39)35(42,27-13-11-24(12-14-27)20-38-43-22-25-7-4-3-5-8-25)28-15-16-32-31(18-28)30(19-34(41)40(32)2)26-9-6-10-29(36)17-26/h3-21,23,42H,22H2,1-2H3/b38-20+. The van der Waals surface area contributed by atoms with E-state index in [1.54, 1.807) is 47.1 Å². The van der Waals surface area contributed by atoms with E-state index in [0.29, 0.717) is 28.5 Å². The van der Waals surface area contributed by atoms with E-state index in [1.807, 2.05) is 98.0 Å². The fraction of sp³-hybridized carbons (Fsp3) is 0.114. The third-order valence-electron chi connectivity index (χ3n) is 7.67. The number of oxime groups is 1. The molecule has 4 aromatic carbocycles. The van der Waals surface area contributed by atoms with Crippen LogP contribution in [0.2, 0.25) is 5.02 Å². The van der Waals surface area contributed by atoms with Crippen molar-refractivity contribution in [3.63, 3.8) is 0 Å². The average molecular weight is 589 g/mol. The maximum atomic E-state index is 12.9. The molecule has 0 aliphatic heterocycles. The third-order valence-corrected chi connectivity index (χ3v) is 7.90. The van der Waals surface area contributed by atoms with Crippen LogP contribution in [0.4, 0.5) is 0 Å². The quantitative estimate of drug-likeness (QED) is 0.164. The van der Waals surface area contributed by atoms with Gasteiger partial charge in [-0.05, 0) is 57.6 Å². The molecule has 1 unspecified atom stereocenters. The number of aryl methyl sites for hydroxylation is 2. The lowest BCUT2D eigenvalue weighted by Gasteiger charge is -2.30. The molecule has 214 valence electrons. The molecule has 2 aromatic heterocycles. The maximum Gasteiger partial charge on any atom is 0.251 e. The highest BCUT2D eigenvalue weighted by Gasteiger charge is 2.37. The summed E-state index contributed by atoms with van der Waals surface area (Å²) in [4.78, 5) is 22.6. The summed E-state index contributed by atoms with van der Waals surface area (Å²) in [5, 5.41) is 18.1. The van der Waals surface area contributed by atoms with Crippen LogP contribution in [0.25, 0.3) is 22.0 Å². The minimum Gasteiger partial charge on any atom is -0.391 e. The van der Waals surface area contributed by atoms with Crippen molar-refractivity contribution in [1.82, 2.24) is 14.1 Å². The number of aliphatic hydroxyl groups is 1. The molecule has 6 aromatic rings. The summed E-state index contributed by atoms with van der Waals surface area (Å²) in [5.41, 5.74) is 4.30. The first kappa shape index (κ1) is 28.2. The van der Waals surface area contributed by atoms with E-state index in [1.165, 1.54) is 0 Å². The molecule has 0 spiro atoms. The van der Waals surface area contributed by atoms with Gasteiger partial charge in [0.2, 0.25) is 0 Å². The van der Waals surface area contributed by atoms with Gasteiger partial charge in [0, 0.05) is 30.6 Å². The molecule has 0 radical (unpaired) electrons. The molecule has 0 aliphatic carbocycles. The van der Waals surface area contributed by atoms with Gasteiger partial charge in [0.15, 0.2) is 5.60 Å². The van der Waals surface area contributed by atoms with Crippen LogP contribution in [-0.2, 0) is 31.1 Å². The first-order valence-corrected chi connectivity index (χ1v) is 14.1. The number of aromatic nitrogens is 3. The number of benzene rings is 4. The van der Waals surface area contributed by atoms with Crippen LogP contribution >= 0.6 is 11.6 Å². The Morgan fingerprint density at radius 1 is 0.930 bits per heavy atom.